The fraction of sp³-hybridized carbons (Fsp3) is 0.375. The van der Waals surface area contributed by atoms with Crippen LogP contribution in [0.3, 0.4) is 0 Å². The van der Waals surface area contributed by atoms with E-state index in [-0.39, 0.29) is 11.9 Å². The number of hydrogen-bond donors (Lipinski definition) is 1. The minimum atomic E-state index is -0.000972. The lowest BCUT2D eigenvalue weighted by Crippen LogP contribution is -2.53. The van der Waals surface area contributed by atoms with E-state index in [1.54, 1.807) is 12.3 Å². The summed E-state index contributed by atoms with van der Waals surface area (Å²) < 4.78 is 5.58. The summed E-state index contributed by atoms with van der Waals surface area (Å²) in [6, 6.07) is 9.80. The van der Waals surface area contributed by atoms with Gasteiger partial charge in [0.1, 0.15) is 0 Å². The Morgan fingerprint density at radius 2 is 2.20 bits per heavy atom. The summed E-state index contributed by atoms with van der Waals surface area (Å²) in [5.74, 6) is 0.506. The van der Waals surface area contributed by atoms with Crippen LogP contribution in [0.2, 0.25) is 0 Å². The average Bonchev–Trinajstić information content (AvgIpc) is 2.85. The van der Waals surface area contributed by atoms with Crippen molar-refractivity contribution in [3.8, 4) is 0 Å². The molecule has 0 spiro atoms. The molecule has 1 amide bonds. The molecule has 1 aliphatic carbocycles. The maximum absolute atomic E-state index is 12.5. The van der Waals surface area contributed by atoms with Crippen molar-refractivity contribution in [3.05, 3.63) is 42.1 Å². The van der Waals surface area contributed by atoms with Crippen molar-refractivity contribution in [3.63, 3.8) is 0 Å². The molecule has 102 valence electrons. The van der Waals surface area contributed by atoms with Gasteiger partial charge < -0.3 is 10.1 Å². The number of carbonyl (C=O) groups is 1. The molecule has 0 unspecified atom stereocenters. The first-order valence-electron chi connectivity index (χ1n) is 7.09. The molecule has 1 aromatic heterocycles. The van der Waals surface area contributed by atoms with E-state index < -0.39 is 0 Å². The third kappa shape index (κ3) is 1.79. The maximum Gasteiger partial charge on any atom is 0.252 e. The number of para-hydroxylation sites is 1. The van der Waals surface area contributed by atoms with Gasteiger partial charge in [0.2, 0.25) is 0 Å². The highest BCUT2D eigenvalue weighted by molar-refractivity contribution is 6.06. The molecule has 0 bridgehead atoms. The molecule has 4 heteroatoms. The molecule has 2 fully saturated rings. The highest BCUT2D eigenvalue weighted by atomic mass is 16.5. The fourth-order valence-electron chi connectivity index (χ4n) is 3.30. The maximum atomic E-state index is 12.5. The second-order valence-corrected chi connectivity index (χ2v) is 5.55. The van der Waals surface area contributed by atoms with Crippen molar-refractivity contribution in [2.75, 3.05) is 6.61 Å². The van der Waals surface area contributed by atoms with Gasteiger partial charge in [-0.2, -0.15) is 0 Å². The van der Waals surface area contributed by atoms with E-state index in [0.29, 0.717) is 17.6 Å². The average molecular weight is 268 g/mol. The molecule has 1 saturated heterocycles. The van der Waals surface area contributed by atoms with Crippen LogP contribution in [0.1, 0.15) is 23.2 Å². The predicted octanol–water partition coefficient (Wildman–Crippen LogP) is 2.14. The normalized spacial score (nSPS) is 27.9. The van der Waals surface area contributed by atoms with E-state index in [0.717, 1.165) is 30.4 Å². The number of pyridine rings is 1. The van der Waals surface area contributed by atoms with Gasteiger partial charge >= 0.3 is 0 Å². The number of nitrogens with zero attached hydrogens (tertiary/aromatic N) is 1. The molecule has 20 heavy (non-hydrogen) atoms. The molecule has 3 atom stereocenters. The Hall–Kier alpha value is -1.94. The lowest BCUT2D eigenvalue weighted by Gasteiger charge is -2.39. The number of hydrogen-bond acceptors (Lipinski definition) is 3. The summed E-state index contributed by atoms with van der Waals surface area (Å²) in [5.41, 5.74) is 1.56. The van der Waals surface area contributed by atoms with Crippen LogP contribution in [0.4, 0.5) is 0 Å². The van der Waals surface area contributed by atoms with E-state index in [4.69, 9.17) is 4.74 Å². The van der Waals surface area contributed by atoms with Crippen LogP contribution < -0.4 is 5.32 Å². The van der Waals surface area contributed by atoms with E-state index >= 15 is 0 Å². The van der Waals surface area contributed by atoms with E-state index in [2.05, 4.69) is 10.3 Å². The van der Waals surface area contributed by atoms with Crippen LogP contribution in [0, 0.1) is 5.92 Å². The number of fused-ring (bicyclic) bond motifs is 2. The van der Waals surface area contributed by atoms with Crippen LogP contribution in [0.25, 0.3) is 10.9 Å². The van der Waals surface area contributed by atoms with Gasteiger partial charge in [-0.1, -0.05) is 18.2 Å². The van der Waals surface area contributed by atoms with Crippen molar-refractivity contribution >= 4 is 16.8 Å². The molecule has 1 saturated carbocycles. The Kier molecular flexibility index (Phi) is 2.70. The number of amides is 1. The quantitative estimate of drug-likeness (QED) is 0.908. The number of rotatable bonds is 2. The lowest BCUT2D eigenvalue weighted by molar-refractivity contribution is 0.00812. The standard InChI is InChI=1S/C16H16N2O2/c19-16(18-14-9-15-12(14)6-8-20-15)11-5-7-17-13-4-2-1-3-10(11)13/h1-5,7,12,14-15H,6,8-9H2,(H,18,19)/t12-,14+,15+/m1/s1. The molecule has 2 aliphatic rings. The van der Waals surface area contributed by atoms with Crippen molar-refractivity contribution in [1.82, 2.24) is 10.3 Å². The van der Waals surface area contributed by atoms with Gasteiger partial charge in [-0.25, -0.2) is 0 Å². The van der Waals surface area contributed by atoms with Crippen molar-refractivity contribution in [1.29, 1.82) is 0 Å². The van der Waals surface area contributed by atoms with Crippen molar-refractivity contribution in [2.45, 2.75) is 25.0 Å². The summed E-state index contributed by atoms with van der Waals surface area (Å²) in [7, 11) is 0. The number of aromatic nitrogens is 1. The van der Waals surface area contributed by atoms with Gasteiger partial charge in [0, 0.05) is 30.1 Å². The number of benzene rings is 1. The highest BCUT2D eigenvalue weighted by Gasteiger charge is 2.45. The Balaban J connectivity index is 1.58. The third-order valence-corrected chi connectivity index (χ3v) is 4.47. The van der Waals surface area contributed by atoms with Crippen LogP contribution >= 0.6 is 0 Å². The minimum absolute atomic E-state index is 0.000972. The summed E-state index contributed by atoms with van der Waals surface area (Å²) in [4.78, 5) is 16.8. The van der Waals surface area contributed by atoms with Gasteiger partial charge in [-0.3, -0.25) is 9.78 Å². The Morgan fingerprint density at radius 3 is 3.10 bits per heavy atom. The number of nitrogens with one attached hydrogen (secondary N) is 1. The third-order valence-electron chi connectivity index (χ3n) is 4.47. The monoisotopic (exact) mass is 268 g/mol. The van der Waals surface area contributed by atoms with Crippen LogP contribution in [-0.2, 0) is 4.74 Å². The predicted molar refractivity (Wildman–Crippen MR) is 75.5 cm³/mol. The molecule has 2 aromatic rings. The Morgan fingerprint density at radius 1 is 1.30 bits per heavy atom. The number of ether oxygens (including phenoxy) is 1. The van der Waals surface area contributed by atoms with Gasteiger partial charge in [0.25, 0.3) is 5.91 Å². The van der Waals surface area contributed by atoms with Gasteiger partial charge in [0.05, 0.1) is 17.2 Å². The first kappa shape index (κ1) is 11.9. The van der Waals surface area contributed by atoms with Crippen LogP contribution in [0.15, 0.2) is 36.5 Å². The van der Waals surface area contributed by atoms with Gasteiger partial charge in [0.15, 0.2) is 0 Å². The van der Waals surface area contributed by atoms with Crippen molar-refractivity contribution < 1.29 is 9.53 Å². The largest absolute Gasteiger partial charge is 0.378 e. The second kappa shape index (κ2) is 4.56. The first-order chi connectivity index (χ1) is 9.83. The molecule has 4 rings (SSSR count). The summed E-state index contributed by atoms with van der Waals surface area (Å²) in [6.07, 6.45) is 4.07. The SMILES string of the molecule is O=C(N[C@H]1C[C@@H]2OCC[C@H]12)c1ccnc2ccccc12. The van der Waals surface area contributed by atoms with Crippen LogP contribution in [0.5, 0.6) is 0 Å². The minimum Gasteiger partial charge on any atom is -0.378 e. The van der Waals surface area contributed by atoms with E-state index in [9.17, 15) is 4.79 Å². The second-order valence-electron chi connectivity index (χ2n) is 5.55. The molecule has 2 heterocycles. The first-order valence-corrected chi connectivity index (χ1v) is 7.09. The van der Waals surface area contributed by atoms with Crippen molar-refractivity contribution in [2.24, 2.45) is 5.92 Å². The van der Waals surface area contributed by atoms with Crippen LogP contribution in [-0.4, -0.2) is 29.6 Å². The zero-order valence-corrected chi connectivity index (χ0v) is 11.1. The lowest BCUT2D eigenvalue weighted by atomic mass is 9.76. The summed E-state index contributed by atoms with van der Waals surface area (Å²) in [5, 5.41) is 4.06. The Bertz CT molecular complexity index is 665. The molecular formula is C16H16N2O2. The van der Waals surface area contributed by atoms with E-state index in [1.807, 2.05) is 24.3 Å². The smallest absolute Gasteiger partial charge is 0.252 e. The Labute approximate surface area is 117 Å². The number of carbonyl (C=O) groups excluding carboxylic acids is 1. The van der Waals surface area contributed by atoms with E-state index in [1.165, 1.54) is 0 Å². The summed E-state index contributed by atoms with van der Waals surface area (Å²) >= 11 is 0. The zero-order valence-electron chi connectivity index (χ0n) is 11.1. The zero-order chi connectivity index (χ0) is 13.5. The van der Waals surface area contributed by atoms with Gasteiger partial charge in [-0.05, 0) is 25.0 Å². The molecule has 1 N–H and O–H groups in total. The van der Waals surface area contributed by atoms with Gasteiger partial charge in [-0.15, -0.1) is 0 Å². The molecular weight excluding hydrogens is 252 g/mol. The molecule has 1 aliphatic heterocycles. The molecule has 1 aromatic carbocycles. The molecule has 0 radical (unpaired) electrons. The molecule has 4 nitrogen and oxygen atoms in total. The topological polar surface area (TPSA) is 51.2 Å². The summed E-state index contributed by atoms with van der Waals surface area (Å²) in [6.45, 7) is 0.833. The fourth-order valence-corrected chi connectivity index (χ4v) is 3.30. The highest BCUT2D eigenvalue weighted by Crippen LogP contribution is 2.38.